The molecule has 0 N–H and O–H groups in total. The first kappa shape index (κ1) is 25.5. The number of Topliss-reactive ketones (excluding diaryl/α,β-unsaturated/α-hetero) is 1. The van der Waals surface area contributed by atoms with Crippen molar-refractivity contribution in [2.75, 3.05) is 6.54 Å². The molecule has 12 heteroatoms. The molecule has 1 heterocycles. The fourth-order valence-corrected chi connectivity index (χ4v) is 5.65. The number of nitrogens with zero attached hydrogens (tertiary/aromatic N) is 3. The summed E-state index contributed by atoms with van der Waals surface area (Å²) >= 11 is 12.9. The lowest BCUT2D eigenvalue weighted by atomic mass is 9.81. The van der Waals surface area contributed by atoms with Crippen molar-refractivity contribution in [1.82, 2.24) is 10.0 Å². The summed E-state index contributed by atoms with van der Waals surface area (Å²) in [7, 11) is 0. The van der Waals surface area contributed by atoms with Crippen LogP contribution in [0.25, 0.3) is 0 Å². The molecular weight excluding hydrogens is 610 g/mol. The van der Waals surface area contributed by atoms with E-state index >= 15 is 0 Å². The Hall–Kier alpha value is -2.63. The number of nitro groups is 1. The van der Waals surface area contributed by atoms with Gasteiger partial charge in [-0.25, -0.2) is 5.01 Å². The number of halogens is 3. The summed E-state index contributed by atoms with van der Waals surface area (Å²) in [6.07, 6.45) is 0.790. The molecule has 9 nitrogen and oxygen atoms in total. The van der Waals surface area contributed by atoms with Crippen LogP contribution in [0.15, 0.2) is 48.5 Å². The number of hydrogen-bond donors (Lipinski definition) is 0. The van der Waals surface area contributed by atoms with Crippen molar-refractivity contribution in [3.8, 4) is 0 Å². The fraction of sp³-hybridized carbons (Fsp3) is 0.304. The third kappa shape index (κ3) is 5.03. The lowest BCUT2D eigenvalue weighted by Crippen LogP contribution is -2.52. The second-order valence-corrected chi connectivity index (χ2v) is 11.1. The zero-order chi connectivity index (χ0) is 25.4. The first-order valence-electron chi connectivity index (χ1n) is 10.6. The summed E-state index contributed by atoms with van der Waals surface area (Å²) in [4.78, 5) is 63.5. The third-order valence-corrected chi connectivity index (χ3v) is 9.13. The van der Waals surface area contributed by atoms with E-state index in [9.17, 15) is 29.3 Å². The minimum Gasteiger partial charge on any atom is -0.292 e. The molecule has 35 heavy (non-hydrogen) atoms. The summed E-state index contributed by atoms with van der Waals surface area (Å²) in [6.45, 7) is -0.580. The van der Waals surface area contributed by atoms with Gasteiger partial charge in [-0.3, -0.25) is 29.3 Å². The molecule has 2 aliphatic rings. The molecule has 3 amide bonds. The number of amides is 3. The van der Waals surface area contributed by atoms with E-state index in [0.29, 0.717) is 17.9 Å². The lowest BCUT2D eigenvalue weighted by molar-refractivity contribution is -0.384. The topological polar surface area (TPSA) is 118 Å². The predicted molar refractivity (Wildman–Crippen MR) is 133 cm³/mol. The summed E-state index contributed by atoms with van der Waals surface area (Å²) in [5.41, 5.74) is 0.0107. The van der Waals surface area contributed by atoms with Crippen LogP contribution in [0, 0.1) is 22.0 Å². The molecule has 4 atom stereocenters. The van der Waals surface area contributed by atoms with Crippen molar-refractivity contribution in [3.05, 3.63) is 74.8 Å². The molecule has 1 saturated carbocycles. The monoisotopic (exact) mass is 625 g/mol. The zero-order valence-electron chi connectivity index (χ0n) is 18.0. The Balaban J connectivity index is 1.69. The number of non-ortho nitro benzene ring substituents is 1. The summed E-state index contributed by atoms with van der Waals surface area (Å²) < 4.78 is 0. The van der Waals surface area contributed by atoms with Gasteiger partial charge in [0.15, 0.2) is 5.78 Å². The highest BCUT2D eigenvalue weighted by molar-refractivity contribution is 9.12. The average Bonchev–Trinajstić information content (AvgIpc) is 3.06. The number of carbonyl (C=O) groups is 4. The van der Waals surface area contributed by atoms with E-state index in [4.69, 9.17) is 11.6 Å². The van der Waals surface area contributed by atoms with E-state index in [-0.39, 0.29) is 26.5 Å². The largest absolute Gasteiger partial charge is 0.292 e. The van der Waals surface area contributed by atoms with Crippen LogP contribution >= 0.6 is 43.5 Å². The molecule has 1 saturated heterocycles. The number of hydrogen-bond acceptors (Lipinski definition) is 6. The highest BCUT2D eigenvalue weighted by Crippen LogP contribution is 2.43. The predicted octanol–water partition coefficient (Wildman–Crippen LogP) is 4.41. The van der Waals surface area contributed by atoms with Gasteiger partial charge in [0.05, 0.1) is 16.8 Å². The molecule has 2 aromatic carbocycles. The zero-order valence-corrected chi connectivity index (χ0v) is 21.9. The van der Waals surface area contributed by atoms with Crippen LogP contribution in [0.2, 0.25) is 5.02 Å². The lowest BCUT2D eigenvalue weighted by Gasteiger charge is -2.30. The Morgan fingerprint density at radius 1 is 0.943 bits per heavy atom. The molecule has 2 fully saturated rings. The van der Waals surface area contributed by atoms with Crippen molar-refractivity contribution in [3.63, 3.8) is 0 Å². The maximum Gasteiger partial charge on any atom is 0.273 e. The van der Waals surface area contributed by atoms with Crippen molar-refractivity contribution >= 4 is 72.7 Å². The van der Waals surface area contributed by atoms with Crippen LogP contribution in [0.5, 0.6) is 0 Å². The average molecular weight is 628 g/mol. The second kappa shape index (κ2) is 10.2. The first-order valence-corrected chi connectivity index (χ1v) is 12.8. The molecule has 0 unspecified atom stereocenters. The molecule has 1 aliphatic heterocycles. The molecule has 0 bridgehead atoms. The first-order chi connectivity index (χ1) is 16.6. The minimum absolute atomic E-state index is 0.00767. The van der Waals surface area contributed by atoms with E-state index < -0.39 is 46.8 Å². The van der Waals surface area contributed by atoms with E-state index in [1.165, 1.54) is 36.4 Å². The molecule has 0 spiro atoms. The minimum atomic E-state index is -0.798. The highest BCUT2D eigenvalue weighted by Gasteiger charge is 2.54. The Labute approximate surface area is 221 Å². The normalized spacial score (nSPS) is 23.7. The summed E-state index contributed by atoms with van der Waals surface area (Å²) in [5, 5.41) is 13.0. The van der Waals surface area contributed by atoms with Gasteiger partial charge in [-0.2, -0.15) is 5.01 Å². The Morgan fingerprint density at radius 2 is 1.43 bits per heavy atom. The Bertz CT molecular complexity index is 1180. The standard InChI is InChI=1S/C23H18Br2ClN3O6/c24-18-9-16-17(10-19(18)25)23(33)28(22(16)32)27(11-20(30)12-1-5-14(26)6-2-12)21(31)13-3-7-15(8-4-13)29(34)35/h1-8,16-19H,9-11H2/t16-,17+,18+,19-. The van der Waals surface area contributed by atoms with E-state index in [0.717, 1.165) is 22.2 Å². The molecule has 1 aliphatic carbocycles. The maximum absolute atomic E-state index is 13.5. The van der Waals surface area contributed by atoms with Gasteiger partial charge < -0.3 is 0 Å². The fourth-order valence-electron chi connectivity index (χ4n) is 4.29. The van der Waals surface area contributed by atoms with Crippen LogP contribution < -0.4 is 0 Å². The van der Waals surface area contributed by atoms with E-state index in [1.807, 2.05) is 0 Å². The van der Waals surface area contributed by atoms with Crippen molar-refractivity contribution in [2.24, 2.45) is 11.8 Å². The smallest absolute Gasteiger partial charge is 0.273 e. The van der Waals surface area contributed by atoms with Crippen molar-refractivity contribution in [2.45, 2.75) is 22.5 Å². The number of fused-ring (bicyclic) bond motifs is 1. The molecule has 0 aromatic heterocycles. The van der Waals surface area contributed by atoms with Crippen LogP contribution in [0.3, 0.4) is 0 Å². The maximum atomic E-state index is 13.5. The molecule has 182 valence electrons. The number of nitro benzene ring substituents is 1. The number of imide groups is 1. The molecule has 4 rings (SSSR count). The van der Waals surface area contributed by atoms with Crippen LogP contribution in [0.4, 0.5) is 5.69 Å². The number of rotatable bonds is 6. The SMILES string of the molecule is O=C(CN(C(=O)c1ccc([N+](=O)[O-])cc1)N1C(=O)[C@H]2C[C@@H](Br)[C@@H](Br)C[C@H]2C1=O)c1ccc(Cl)cc1. The Kier molecular flexibility index (Phi) is 7.39. The summed E-state index contributed by atoms with van der Waals surface area (Å²) in [6, 6.07) is 10.7. The van der Waals surface area contributed by atoms with Gasteiger partial charge in [-0.1, -0.05) is 43.5 Å². The Morgan fingerprint density at radius 3 is 1.91 bits per heavy atom. The summed E-state index contributed by atoms with van der Waals surface area (Å²) in [5.74, 6) is -3.67. The number of benzene rings is 2. The second-order valence-electron chi connectivity index (χ2n) is 8.30. The van der Waals surface area contributed by atoms with Gasteiger partial charge in [-0.05, 0) is 49.2 Å². The van der Waals surface area contributed by atoms with Crippen LogP contribution in [-0.2, 0) is 9.59 Å². The van der Waals surface area contributed by atoms with Gasteiger partial charge in [0, 0.05) is 37.9 Å². The number of alkyl halides is 2. The quantitative estimate of drug-likeness (QED) is 0.154. The highest BCUT2D eigenvalue weighted by atomic mass is 79.9. The van der Waals surface area contributed by atoms with Crippen molar-refractivity contribution in [1.29, 1.82) is 0 Å². The number of ketones is 1. The number of carbonyl (C=O) groups excluding carboxylic acids is 4. The van der Waals surface area contributed by atoms with E-state index in [2.05, 4.69) is 31.9 Å². The number of hydrazine groups is 1. The third-order valence-electron chi connectivity index (χ3n) is 6.15. The molecular formula is C23H18Br2ClN3O6. The van der Waals surface area contributed by atoms with Crippen LogP contribution in [-0.4, -0.2) is 54.6 Å². The van der Waals surface area contributed by atoms with Crippen LogP contribution in [0.1, 0.15) is 33.6 Å². The van der Waals surface area contributed by atoms with Gasteiger partial charge >= 0.3 is 0 Å². The van der Waals surface area contributed by atoms with Gasteiger partial charge in [-0.15, -0.1) is 0 Å². The van der Waals surface area contributed by atoms with E-state index in [1.54, 1.807) is 0 Å². The van der Waals surface area contributed by atoms with Gasteiger partial charge in [0.25, 0.3) is 23.4 Å². The van der Waals surface area contributed by atoms with Crippen molar-refractivity contribution < 1.29 is 24.1 Å². The molecule has 0 radical (unpaired) electrons. The van der Waals surface area contributed by atoms with Gasteiger partial charge in [0.1, 0.15) is 6.54 Å². The van der Waals surface area contributed by atoms with Gasteiger partial charge in [0.2, 0.25) is 0 Å². The molecule has 2 aromatic rings.